The van der Waals surface area contributed by atoms with E-state index in [9.17, 15) is 4.79 Å². The zero-order chi connectivity index (χ0) is 15.8. The monoisotopic (exact) mass is 297 g/mol. The van der Waals surface area contributed by atoms with Gasteiger partial charge in [0.1, 0.15) is 0 Å². The fraction of sp³-hybridized carbons (Fsp3) is 0.533. The first kappa shape index (κ1) is 17.3. The summed E-state index contributed by atoms with van der Waals surface area (Å²) in [7, 11) is 6.10. The lowest BCUT2D eigenvalue weighted by Crippen LogP contribution is -2.44. The van der Waals surface area contributed by atoms with Crippen LogP contribution in [0.5, 0.6) is 11.5 Å². The predicted octanol–water partition coefficient (Wildman–Crippen LogP) is 1.83. The zero-order valence-electron chi connectivity index (χ0n) is 13.1. The van der Waals surface area contributed by atoms with E-state index in [-0.39, 0.29) is 11.9 Å². The van der Waals surface area contributed by atoms with E-state index >= 15 is 0 Å². The molecule has 0 saturated carbocycles. The number of methoxy groups -OCH3 is 4. The summed E-state index contributed by atoms with van der Waals surface area (Å²) >= 11 is 0. The molecule has 0 radical (unpaired) electrons. The van der Waals surface area contributed by atoms with Gasteiger partial charge in [0.15, 0.2) is 17.8 Å². The van der Waals surface area contributed by atoms with Crippen molar-refractivity contribution < 1.29 is 23.7 Å². The molecular weight excluding hydrogens is 274 g/mol. The molecule has 0 aliphatic carbocycles. The molecule has 0 aliphatic rings. The number of rotatable bonds is 8. The molecule has 6 nitrogen and oxygen atoms in total. The Kier molecular flexibility index (Phi) is 6.98. The summed E-state index contributed by atoms with van der Waals surface area (Å²) in [4.78, 5) is 12.4. The standard InChI is InChI=1S/C15H23NO5/c1-6-11(15(20-4)21-5)16-14(17)10-8-7-9-12(18-2)13(10)19-3/h7-9,11,15H,6H2,1-5H3,(H,16,17). The minimum absolute atomic E-state index is 0.261. The number of nitrogens with one attached hydrogen (secondary N) is 1. The Bertz CT molecular complexity index is 459. The minimum atomic E-state index is -0.504. The first-order valence-corrected chi connectivity index (χ1v) is 6.70. The number of para-hydroxylation sites is 1. The third-order valence-electron chi connectivity index (χ3n) is 3.20. The lowest BCUT2D eigenvalue weighted by molar-refractivity contribution is -0.121. The van der Waals surface area contributed by atoms with Crippen LogP contribution in [0.15, 0.2) is 18.2 Å². The molecule has 1 unspecified atom stereocenters. The summed E-state index contributed by atoms with van der Waals surface area (Å²) in [6.07, 6.45) is 0.167. The molecule has 1 rings (SSSR count). The van der Waals surface area contributed by atoms with E-state index < -0.39 is 6.29 Å². The van der Waals surface area contributed by atoms with E-state index in [0.29, 0.717) is 23.5 Å². The number of ether oxygens (including phenoxy) is 4. The van der Waals surface area contributed by atoms with E-state index in [0.717, 1.165) is 0 Å². The van der Waals surface area contributed by atoms with Crippen LogP contribution in [-0.4, -0.2) is 46.7 Å². The molecule has 0 aliphatic heterocycles. The number of amides is 1. The minimum Gasteiger partial charge on any atom is -0.493 e. The summed E-state index contributed by atoms with van der Waals surface area (Å²) in [5, 5.41) is 2.89. The van der Waals surface area contributed by atoms with Crippen LogP contribution in [0.3, 0.4) is 0 Å². The van der Waals surface area contributed by atoms with Gasteiger partial charge >= 0.3 is 0 Å². The Morgan fingerprint density at radius 1 is 1.14 bits per heavy atom. The van der Waals surface area contributed by atoms with Crippen molar-refractivity contribution in [1.82, 2.24) is 5.32 Å². The Labute approximate surface area is 125 Å². The molecule has 1 aromatic rings. The van der Waals surface area contributed by atoms with Crippen molar-refractivity contribution in [2.45, 2.75) is 25.7 Å². The van der Waals surface area contributed by atoms with Gasteiger partial charge in [-0.05, 0) is 18.6 Å². The fourth-order valence-corrected chi connectivity index (χ4v) is 2.10. The van der Waals surface area contributed by atoms with Crippen LogP contribution in [0.1, 0.15) is 23.7 Å². The van der Waals surface area contributed by atoms with Gasteiger partial charge in [0.2, 0.25) is 0 Å². The maximum Gasteiger partial charge on any atom is 0.255 e. The van der Waals surface area contributed by atoms with Crippen LogP contribution < -0.4 is 14.8 Å². The van der Waals surface area contributed by atoms with Crippen molar-refractivity contribution >= 4 is 5.91 Å². The van der Waals surface area contributed by atoms with E-state index in [1.165, 1.54) is 28.4 Å². The maximum absolute atomic E-state index is 12.4. The SMILES string of the molecule is CCC(NC(=O)c1cccc(OC)c1OC)C(OC)OC. The summed E-state index contributed by atoms with van der Waals surface area (Å²) in [5.74, 6) is 0.642. The number of carbonyl (C=O) groups is 1. The molecule has 1 amide bonds. The molecule has 0 heterocycles. The van der Waals surface area contributed by atoms with Gasteiger partial charge in [-0.25, -0.2) is 0 Å². The van der Waals surface area contributed by atoms with Gasteiger partial charge in [0.05, 0.1) is 25.8 Å². The van der Waals surface area contributed by atoms with Crippen molar-refractivity contribution in [3.8, 4) is 11.5 Å². The number of carbonyl (C=O) groups excluding carboxylic acids is 1. The molecule has 6 heteroatoms. The van der Waals surface area contributed by atoms with Crippen molar-refractivity contribution in [2.24, 2.45) is 0 Å². The van der Waals surface area contributed by atoms with E-state index in [1.807, 2.05) is 6.92 Å². The van der Waals surface area contributed by atoms with Crippen LogP contribution in [0, 0.1) is 0 Å². The van der Waals surface area contributed by atoms with Crippen LogP contribution in [0.4, 0.5) is 0 Å². The Morgan fingerprint density at radius 3 is 2.29 bits per heavy atom. The van der Waals surface area contributed by atoms with Crippen LogP contribution in [-0.2, 0) is 9.47 Å². The van der Waals surface area contributed by atoms with Crippen molar-refractivity contribution in [1.29, 1.82) is 0 Å². The van der Waals surface area contributed by atoms with Crippen LogP contribution in [0.25, 0.3) is 0 Å². The number of hydrogen-bond donors (Lipinski definition) is 1. The smallest absolute Gasteiger partial charge is 0.255 e. The highest BCUT2D eigenvalue weighted by molar-refractivity contribution is 5.98. The van der Waals surface area contributed by atoms with Gasteiger partial charge in [-0.2, -0.15) is 0 Å². The topological polar surface area (TPSA) is 66.0 Å². The van der Waals surface area contributed by atoms with Gasteiger partial charge in [-0.1, -0.05) is 13.0 Å². The molecule has 0 aromatic heterocycles. The van der Waals surface area contributed by atoms with Crippen molar-refractivity contribution in [2.75, 3.05) is 28.4 Å². The zero-order valence-corrected chi connectivity index (χ0v) is 13.1. The Balaban J connectivity index is 2.98. The van der Waals surface area contributed by atoms with Gasteiger partial charge in [0.25, 0.3) is 5.91 Å². The van der Waals surface area contributed by atoms with E-state index in [2.05, 4.69) is 5.32 Å². The highest BCUT2D eigenvalue weighted by atomic mass is 16.7. The molecule has 1 atom stereocenters. The molecule has 0 saturated heterocycles. The van der Waals surface area contributed by atoms with Crippen molar-refractivity contribution in [3.05, 3.63) is 23.8 Å². The Hall–Kier alpha value is -1.79. The molecular formula is C15H23NO5. The molecule has 118 valence electrons. The highest BCUT2D eigenvalue weighted by Crippen LogP contribution is 2.30. The summed E-state index contributed by atoms with van der Waals surface area (Å²) in [6.45, 7) is 1.94. The van der Waals surface area contributed by atoms with E-state index in [1.54, 1.807) is 18.2 Å². The molecule has 0 bridgehead atoms. The summed E-state index contributed by atoms with van der Waals surface area (Å²) < 4.78 is 20.9. The molecule has 1 aromatic carbocycles. The average Bonchev–Trinajstić information content (AvgIpc) is 2.53. The average molecular weight is 297 g/mol. The van der Waals surface area contributed by atoms with Gasteiger partial charge in [-0.15, -0.1) is 0 Å². The van der Waals surface area contributed by atoms with Gasteiger partial charge in [-0.3, -0.25) is 4.79 Å². The lowest BCUT2D eigenvalue weighted by atomic mass is 10.1. The molecule has 0 fully saturated rings. The quantitative estimate of drug-likeness (QED) is 0.742. The normalized spacial score (nSPS) is 12.1. The maximum atomic E-state index is 12.4. The summed E-state index contributed by atoms with van der Waals surface area (Å²) in [6, 6.07) is 4.89. The number of hydrogen-bond acceptors (Lipinski definition) is 5. The molecule has 0 spiro atoms. The molecule has 21 heavy (non-hydrogen) atoms. The second-order valence-corrected chi connectivity index (χ2v) is 4.37. The van der Waals surface area contributed by atoms with Crippen molar-refractivity contribution in [3.63, 3.8) is 0 Å². The number of benzene rings is 1. The van der Waals surface area contributed by atoms with Crippen LogP contribution in [0.2, 0.25) is 0 Å². The van der Waals surface area contributed by atoms with E-state index in [4.69, 9.17) is 18.9 Å². The Morgan fingerprint density at radius 2 is 1.81 bits per heavy atom. The lowest BCUT2D eigenvalue weighted by Gasteiger charge is -2.25. The predicted molar refractivity (Wildman–Crippen MR) is 78.9 cm³/mol. The third kappa shape index (κ3) is 4.09. The molecule has 1 N–H and O–H groups in total. The second-order valence-electron chi connectivity index (χ2n) is 4.37. The second kappa shape index (κ2) is 8.49. The van der Waals surface area contributed by atoms with Gasteiger partial charge in [0, 0.05) is 14.2 Å². The fourth-order valence-electron chi connectivity index (χ4n) is 2.10. The largest absolute Gasteiger partial charge is 0.493 e. The van der Waals surface area contributed by atoms with Crippen LogP contribution >= 0.6 is 0 Å². The van der Waals surface area contributed by atoms with Gasteiger partial charge < -0.3 is 24.3 Å². The summed E-state index contributed by atoms with van der Waals surface area (Å²) in [5.41, 5.74) is 0.404. The third-order valence-corrected chi connectivity index (χ3v) is 3.20. The first-order valence-electron chi connectivity index (χ1n) is 6.70. The highest BCUT2D eigenvalue weighted by Gasteiger charge is 2.24. The first-order chi connectivity index (χ1) is 10.1.